The Kier molecular flexibility index (Phi) is 322. The van der Waals surface area contributed by atoms with E-state index in [2.05, 4.69) is 0 Å². The molecular formula is H5AlFeNiO2. The SMILES string of the molecule is O.[Fe].[Ni].[OH][AlH2]. The summed E-state index contributed by atoms with van der Waals surface area (Å²) in [6.45, 7) is 0. The van der Waals surface area contributed by atoms with Gasteiger partial charge in [-0.1, -0.05) is 0 Å². The Hall–Kier alpha value is 1.47. The molecule has 0 aromatic heterocycles. The molecule has 0 aliphatic heterocycles. The first-order valence-electron chi connectivity index (χ1n) is 0.447. The van der Waals surface area contributed by atoms with Gasteiger partial charge < -0.3 is 9.63 Å². The quantitative estimate of drug-likeness (QED) is 0.417. The zero-order chi connectivity index (χ0) is 2.00. The van der Waals surface area contributed by atoms with Gasteiger partial charge in [0.1, 0.15) is 0 Å². The molecule has 0 atom stereocenters. The molecule has 0 aromatic carbocycles. The van der Waals surface area contributed by atoms with E-state index in [-0.39, 0.29) is 39.0 Å². The second kappa shape index (κ2) is 50.7. The fourth-order valence-corrected chi connectivity index (χ4v) is 0. The number of hydrogen-bond acceptors (Lipinski definition) is 1. The van der Waals surface area contributed by atoms with E-state index in [4.69, 9.17) is 4.16 Å². The van der Waals surface area contributed by atoms with Gasteiger partial charge in [0.05, 0.1) is 0 Å². The Labute approximate surface area is 59.8 Å². The van der Waals surface area contributed by atoms with Gasteiger partial charge in [-0.2, -0.15) is 0 Å². The molecule has 0 bridgehead atoms. The standard InChI is InChI=1S/Al.Fe.Ni.2H2O.2H/h;;;2*1H2;;/q+1;;;;;;/p-1. The van der Waals surface area contributed by atoms with E-state index in [1.165, 1.54) is 0 Å². The van der Waals surface area contributed by atoms with E-state index in [1.54, 1.807) is 0 Å². The van der Waals surface area contributed by atoms with Crippen LogP contribution in [-0.2, 0) is 33.6 Å². The third kappa shape index (κ3) is 30.6. The minimum absolute atomic E-state index is 0. The average molecular weight is 179 g/mol. The van der Waals surface area contributed by atoms with Crippen molar-refractivity contribution in [2.75, 3.05) is 0 Å². The van der Waals surface area contributed by atoms with Gasteiger partial charge in [-0.25, -0.2) is 0 Å². The molecule has 0 aromatic rings. The molecule has 0 amide bonds. The maximum absolute atomic E-state index is 7.14. The average Bonchev–Trinajstić information content (AvgIpc) is 1.00. The molecule has 0 aliphatic rings. The monoisotopic (exact) mass is 178 g/mol. The molecule has 0 aliphatic carbocycles. The normalized spacial score (nSPS) is 1.00. The summed E-state index contributed by atoms with van der Waals surface area (Å²) < 4.78 is 7.14. The van der Waals surface area contributed by atoms with Gasteiger partial charge in [0, 0.05) is 33.6 Å². The Morgan fingerprint density at radius 2 is 1.20 bits per heavy atom. The summed E-state index contributed by atoms with van der Waals surface area (Å²) in [5, 5.41) is 0. The fourth-order valence-electron chi connectivity index (χ4n) is 0. The second-order valence-corrected chi connectivity index (χ2v) is 0. The largest absolute Gasteiger partial charge is 0.521 e. The van der Waals surface area contributed by atoms with Crippen molar-refractivity contribution >= 4 is 16.6 Å². The van der Waals surface area contributed by atoms with E-state index >= 15 is 0 Å². The summed E-state index contributed by atoms with van der Waals surface area (Å²) in [4.78, 5) is 0. The van der Waals surface area contributed by atoms with Crippen LogP contribution in [0.4, 0.5) is 0 Å². The van der Waals surface area contributed by atoms with Gasteiger partial charge in [-0.05, 0) is 0 Å². The van der Waals surface area contributed by atoms with Crippen LogP contribution in [0.25, 0.3) is 0 Å². The van der Waals surface area contributed by atoms with E-state index in [9.17, 15) is 0 Å². The van der Waals surface area contributed by atoms with Gasteiger partial charge in [0.2, 0.25) is 0 Å². The summed E-state index contributed by atoms with van der Waals surface area (Å²) >= 11 is 0.306. The van der Waals surface area contributed by atoms with E-state index in [0.717, 1.165) is 0 Å². The van der Waals surface area contributed by atoms with Gasteiger partial charge in [0.15, 0.2) is 0 Å². The first-order valence-corrected chi connectivity index (χ1v) is 1.34. The minimum atomic E-state index is 0. The molecule has 2 nitrogen and oxygen atoms in total. The van der Waals surface area contributed by atoms with Gasteiger partial charge in [0.25, 0.3) is 0 Å². The Morgan fingerprint density at radius 3 is 1.20 bits per heavy atom. The van der Waals surface area contributed by atoms with Crippen LogP contribution in [0.3, 0.4) is 0 Å². The van der Waals surface area contributed by atoms with Crippen molar-refractivity contribution in [1.82, 2.24) is 0 Å². The first kappa shape index (κ1) is 31.8. The summed E-state index contributed by atoms with van der Waals surface area (Å²) in [5.74, 6) is 0. The van der Waals surface area contributed by atoms with Gasteiger partial charge >= 0.3 is 16.6 Å². The Morgan fingerprint density at radius 1 is 1.20 bits per heavy atom. The van der Waals surface area contributed by atoms with Crippen LogP contribution < -0.4 is 0 Å². The third-order valence-electron chi connectivity index (χ3n) is 0. The second-order valence-electron chi connectivity index (χ2n) is 0. The summed E-state index contributed by atoms with van der Waals surface area (Å²) in [6.07, 6.45) is 0. The van der Waals surface area contributed by atoms with E-state index in [0.29, 0.717) is 16.6 Å². The molecule has 0 spiro atoms. The number of hydrogen-bond donors (Lipinski definition) is 1. The molecule has 0 unspecified atom stereocenters. The zero-order valence-corrected chi connectivity index (χ0v) is 6.71. The summed E-state index contributed by atoms with van der Waals surface area (Å²) in [7, 11) is 0. The van der Waals surface area contributed by atoms with Crippen LogP contribution in [-0.4, -0.2) is 26.3 Å². The van der Waals surface area contributed by atoms with Crippen LogP contribution in [0, 0.1) is 0 Å². The predicted octanol–water partition coefficient (Wildman–Crippen LogP) is -2.30. The van der Waals surface area contributed by atoms with Gasteiger partial charge in [-0.15, -0.1) is 0 Å². The molecule has 0 saturated heterocycles. The van der Waals surface area contributed by atoms with Crippen LogP contribution in [0.5, 0.6) is 0 Å². The van der Waals surface area contributed by atoms with Crippen molar-refractivity contribution in [3.63, 3.8) is 0 Å². The van der Waals surface area contributed by atoms with Crippen molar-refractivity contribution in [1.29, 1.82) is 0 Å². The summed E-state index contributed by atoms with van der Waals surface area (Å²) in [5.41, 5.74) is 0. The predicted molar refractivity (Wildman–Crippen MR) is 14.4 cm³/mol. The third-order valence-corrected chi connectivity index (χ3v) is 0. The van der Waals surface area contributed by atoms with E-state index < -0.39 is 0 Å². The van der Waals surface area contributed by atoms with Crippen molar-refractivity contribution < 1.29 is 43.2 Å². The summed E-state index contributed by atoms with van der Waals surface area (Å²) in [6, 6.07) is 0. The van der Waals surface area contributed by atoms with Crippen molar-refractivity contribution in [2.45, 2.75) is 0 Å². The van der Waals surface area contributed by atoms with E-state index in [1.807, 2.05) is 0 Å². The molecule has 0 radical (unpaired) electrons. The Balaban J connectivity index is -0.00000000167. The van der Waals surface area contributed by atoms with Crippen LogP contribution >= 0.6 is 0 Å². The maximum atomic E-state index is 7.14. The molecule has 5 heteroatoms. The van der Waals surface area contributed by atoms with Crippen molar-refractivity contribution in [2.24, 2.45) is 0 Å². The molecular weight excluding hydrogens is 174 g/mol. The van der Waals surface area contributed by atoms with Crippen LogP contribution in [0.2, 0.25) is 0 Å². The minimum Gasteiger partial charge on any atom is -0.521 e. The zero-order valence-electron chi connectivity index (χ0n) is 2.62. The van der Waals surface area contributed by atoms with Crippen molar-refractivity contribution in [3.05, 3.63) is 0 Å². The molecule has 3 N–H and O–H groups in total. The van der Waals surface area contributed by atoms with Crippen LogP contribution in [0.1, 0.15) is 0 Å². The molecule has 38 valence electrons. The fraction of sp³-hybridized carbons (Fsp3) is 0. The maximum Gasteiger partial charge on any atom is 0.407 e. The van der Waals surface area contributed by atoms with Crippen LogP contribution in [0.15, 0.2) is 0 Å². The Bertz CT molecular complexity index is 9.61. The molecule has 0 heterocycles. The smallest absolute Gasteiger partial charge is 0.407 e. The molecule has 0 rings (SSSR count). The first-order chi connectivity index (χ1) is 1.00. The van der Waals surface area contributed by atoms with Crippen molar-refractivity contribution in [3.8, 4) is 0 Å². The molecule has 0 saturated carbocycles. The molecule has 5 heavy (non-hydrogen) atoms. The van der Waals surface area contributed by atoms with Gasteiger partial charge in [-0.3, -0.25) is 0 Å². The topological polar surface area (TPSA) is 51.7 Å². The number of rotatable bonds is 0. The molecule has 0 fully saturated rings.